The smallest absolute Gasteiger partial charge is 0.321 e. The van der Waals surface area contributed by atoms with Crippen molar-refractivity contribution in [1.29, 1.82) is 0 Å². The molecule has 28 heavy (non-hydrogen) atoms. The van der Waals surface area contributed by atoms with Crippen molar-refractivity contribution in [3.05, 3.63) is 76.9 Å². The zero-order valence-electron chi connectivity index (χ0n) is 14.6. The number of amides is 1. The van der Waals surface area contributed by atoms with Gasteiger partial charge in [0.25, 0.3) is 5.91 Å². The number of imidazole rings is 1. The van der Waals surface area contributed by atoms with Crippen molar-refractivity contribution in [3.8, 4) is 11.3 Å². The highest BCUT2D eigenvalue weighted by Crippen LogP contribution is 2.31. The number of fused-ring (bicyclic) bond motifs is 1. The summed E-state index contributed by atoms with van der Waals surface area (Å²) in [7, 11) is 0. The number of rotatable bonds is 3. The van der Waals surface area contributed by atoms with Crippen LogP contribution < -0.4 is 5.32 Å². The molecule has 4 aromatic rings. The molecule has 2 aromatic carbocycles. The third-order valence-electron chi connectivity index (χ3n) is 4.28. The third-order valence-corrected chi connectivity index (χ3v) is 5.44. The highest BCUT2D eigenvalue weighted by Gasteiger charge is 2.30. The molecule has 1 amide bonds. The molecule has 142 valence electrons. The highest BCUT2D eigenvalue weighted by molar-refractivity contribution is 7.19. The average molecular weight is 401 g/mol. The van der Waals surface area contributed by atoms with Crippen LogP contribution in [-0.4, -0.2) is 15.3 Å². The molecule has 0 bridgehead atoms. The maximum absolute atomic E-state index is 12.8. The fraction of sp³-hybridized carbons (Fsp3) is 0.100. The third kappa shape index (κ3) is 3.38. The fourth-order valence-electron chi connectivity index (χ4n) is 2.87. The number of halogens is 3. The van der Waals surface area contributed by atoms with Gasteiger partial charge < -0.3 is 5.32 Å². The Bertz CT molecular complexity index is 1160. The number of hydrogen-bond donors (Lipinski definition) is 1. The molecule has 8 heteroatoms. The molecule has 1 N–H and O–H groups in total. The number of hydrogen-bond acceptors (Lipinski definition) is 3. The van der Waals surface area contributed by atoms with Gasteiger partial charge in [-0.3, -0.25) is 9.20 Å². The number of aromatic nitrogens is 2. The van der Waals surface area contributed by atoms with Gasteiger partial charge in [0.2, 0.25) is 0 Å². The summed E-state index contributed by atoms with van der Waals surface area (Å²) < 4.78 is 40.4. The number of nitrogens with zero attached hydrogens (tertiary/aromatic N) is 2. The SMILES string of the molecule is Cc1c(C(=O)Nc2cccc(C(F)(F)F)c2)sc2nc(-c3ccccc3)cn12. The van der Waals surface area contributed by atoms with Gasteiger partial charge in [-0.2, -0.15) is 13.2 Å². The van der Waals surface area contributed by atoms with E-state index in [-0.39, 0.29) is 5.69 Å². The minimum Gasteiger partial charge on any atom is -0.321 e. The highest BCUT2D eigenvalue weighted by atomic mass is 32.1. The molecule has 0 aliphatic carbocycles. The van der Waals surface area contributed by atoms with Crippen LogP contribution in [0, 0.1) is 6.92 Å². The molecule has 0 unspecified atom stereocenters. The molecule has 4 rings (SSSR count). The summed E-state index contributed by atoms with van der Waals surface area (Å²) in [6.07, 6.45) is -2.62. The molecule has 2 aromatic heterocycles. The summed E-state index contributed by atoms with van der Waals surface area (Å²) in [4.78, 5) is 18.2. The summed E-state index contributed by atoms with van der Waals surface area (Å²) in [5.74, 6) is -0.464. The van der Waals surface area contributed by atoms with Crippen LogP contribution in [0.1, 0.15) is 20.9 Å². The van der Waals surface area contributed by atoms with E-state index in [1.54, 1.807) is 6.92 Å². The van der Waals surface area contributed by atoms with Crippen LogP contribution in [-0.2, 0) is 6.18 Å². The lowest BCUT2D eigenvalue weighted by molar-refractivity contribution is -0.137. The van der Waals surface area contributed by atoms with Gasteiger partial charge >= 0.3 is 6.18 Å². The van der Waals surface area contributed by atoms with Gasteiger partial charge in [-0.1, -0.05) is 47.7 Å². The first-order chi connectivity index (χ1) is 13.3. The molecule has 0 saturated carbocycles. The first-order valence-corrected chi connectivity index (χ1v) is 9.17. The number of benzene rings is 2. The molecule has 0 atom stereocenters. The molecule has 0 radical (unpaired) electrons. The molecule has 0 saturated heterocycles. The largest absolute Gasteiger partial charge is 0.416 e. The Morgan fingerprint density at radius 3 is 2.54 bits per heavy atom. The molecule has 0 fully saturated rings. The van der Waals surface area contributed by atoms with E-state index < -0.39 is 17.6 Å². The lowest BCUT2D eigenvalue weighted by Gasteiger charge is -2.09. The standard InChI is InChI=1S/C20H14F3N3OS/c1-12-17(18(27)24-15-9-5-8-14(10-15)20(21,22)23)28-19-25-16(11-26(12)19)13-6-3-2-4-7-13/h2-11H,1H3,(H,24,27). The van der Waals surface area contributed by atoms with Crippen molar-refractivity contribution in [3.63, 3.8) is 0 Å². The molecule has 0 spiro atoms. The molecule has 2 heterocycles. The van der Waals surface area contributed by atoms with Crippen molar-refractivity contribution in [1.82, 2.24) is 9.38 Å². The number of aryl methyl sites for hydroxylation is 1. The molecule has 0 aliphatic heterocycles. The first kappa shape index (κ1) is 18.2. The van der Waals surface area contributed by atoms with E-state index in [1.165, 1.54) is 23.5 Å². The zero-order valence-corrected chi connectivity index (χ0v) is 15.4. The van der Waals surface area contributed by atoms with Crippen LogP contribution in [0.4, 0.5) is 18.9 Å². The Balaban J connectivity index is 1.62. The van der Waals surface area contributed by atoms with Crippen LogP contribution in [0.5, 0.6) is 0 Å². The van der Waals surface area contributed by atoms with E-state index >= 15 is 0 Å². The maximum Gasteiger partial charge on any atom is 0.416 e. The number of alkyl halides is 3. The van der Waals surface area contributed by atoms with E-state index in [1.807, 2.05) is 40.9 Å². The topological polar surface area (TPSA) is 46.4 Å². The van der Waals surface area contributed by atoms with E-state index in [4.69, 9.17) is 0 Å². The van der Waals surface area contributed by atoms with Crippen molar-refractivity contribution in [2.24, 2.45) is 0 Å². The number of nitrogens with one attached hydrogen (secondary N) is 1. The minimum absolute atomic E-state index is 0.0928. The Morgan fingerprint density at radius 2 is 1.86 bits per heavy atom. The van der Waals surface area contributed by atoms with Crippen molar-refractivity contribution in [2.75, 3.05) is 5.32 Å². The fourth-order valence-corrected chi connectivity index (χ4v) is 3.87. The summed E-state index contributed by atoms with van der Waals surface area (Å²) in [5, 5.41) is 2.54. The predicted octanol–water partition coefficient (Wildman–Crippen LogP) is 5.64. The first-order valence-electron chi connectivity index (χ1n) is 8.35. The molecular weight excluding hydrogens is 387 g/mol. The van der Waals surface area contributed by atoms with Crippen LogP contribution in [0.3, 0.4) is 0 Å². The summed E-state index contributed by atoms with van der Waals surface area (Å²) in [6.45, 7) is 1.78. The van der Waals surface area contributed by atoms with Crippen molar-refractivity contribution in [2.45, 2.75) is 13.1 Å². The van der Waals surface area contributed by atoms with E-state index in [0.717, 1.165) is 23.4 Å². The van der Waals surface area contributed by atoms with Gasteiger partial charge in [0.1, 0.15) is 4.88 Å². The van der Waals surface area contributed by atoms with E-state index in [9.17, 15) is 18.0 Å². The second-order valence-corrected chi connectivity index (χ2v) is 7.17. The Morgan fingerprint density at radius 1 is 1.11 bits per heavy atom. The van der Waals surface area contributed by atoms with Crippen molar-refractivity contribution < 1.29 is 18.0 Å². The van der Waals surface area contributed by atoms with Gasteiger partial charge in [0, 0.05) is 23.1 Å². The molecule has 0 aliphatic rings. The van der Waals surface area contributed by atoms with Crippen LogP contribution >= 0.6 is 11.3 Å². The van der Waals surface area contributed by atoms with Crippen LogP contribution in [0.15, 0.2) is 60.8 Å². The van der Waals surface area contributed by atoms with Gasteiger partial charge in [0.05, 0.1) is 11.3 Å². The maximum atomic E-state index is 12.8. The van der Waals surface area contributed by atoms with Gasteiger partial charge in [-0.15, -0.1) is 0 Å². The number of carbonyl (C=O) groups excluding carboxylic acids is 1. The minimum atomic E-state index is -4.46. The van der Waals surface area contributed by atoms with E-state index in [0.29, 0.717) is 15.5 Å². The monoisotopic (exact) mass is 401 g/mol. The number of carbonyl (C=O) groups is 1. The predicted molar refractivity (Wildman–Crippen MR) is 103 cm³/mol. The lowest BCUT2D eigenvalue weighted by Crippen LogP contribution is -2.13. The normalized spacial score (nSPS) is 11.7. The lowest BCUT2D eigenvalue weighted by atomic mass is 10.2. The second-order valence-electron chi connectivity index (χ2n) is 6.19. The average Bonchev–Trinajstić information content (AvgIpc) is 3.22. The van der Waals surface area contributed by atoms with Gasteiger partial charge in [0.15, 0.2) is 4.96 Å². The van der Waals surface area contributed by atoms with Gasteiger partial charge in [-0.25, -0.2) is 4.98 Å². The van der Waals surface area contributed by atoms with Gasteiger partial charge in [-0.05, 0) is 25.1 Å². The van der Waals surface area contributed by atoms with E-state index in [2.05, 4.69) is 10.3 Å². The van der Waals surface area contributed by atoms with Crippen LogP contribution in [0.2, 0.25) is 0 Å². The Hall–Kier alpha value is -3.13. The summed E-state index contributed by atoms with van der Waals surface area (Å²) in [5.41, 5.74) is 1.72. The number of thiazole rings is 1. The Kier molecular flexibility index (Phi) is 4.43. The quantitative estimate of drug-likeness (QED) is 0.483. The Labute approximate surface area is 162 Å². The second kappa shape index (κ2) is 6.79. The molecular formula is C20H14F3N3OS. The zero-order chi connectivity index (χ0) is 19.9. The number of anilines is 1. The molecule has 4 nitrogen and oxygen atoms in total. The summed E-state index contributed by atoms with van der Waals surface area (Å²) >= 11 is 1.19. The summed E-state index contributed by atoms with van der Waals surface area (Å²) in [6, 6.07) is 14.2. The van der Waals surface area contributed by atoms with Crippen LogP contribution in [0.25, 0.3) is 16.2 Å². The van der Waals surface area contributed by atoms with Crippen molar-refractivity contribution >= 4 is 27.9 Å².